The molecule has 7 nitrogen and oxygen atoms in total. The van der Waals surface area contributed by atoms with Crippen molar-refractivity contribution >= 4 is 17.5 Å². The van der Waals surface area contributed by atoms with Crippen LogP contribution in [0.4, 0.5) is 0 Å². The molecule has 2 aromatic rings. The number of aryl methyl sites for hydroxylation is 1. The Balaban J connectivity index is 1.12. The second-order valence-corrected chi connectivity index (χ2v) is 12.4. The molecule has 0 bridgehead atoms. The van der Waals surface area contributed by atoms with Crippen LogP contribution < -0.4 is 20.3 Å². The minimum absolute atomic E-state index is 0.0522. The monoisotopic (exact) mass is 539 g/mol. The van der Waals surface area contributed by atoms with E-state index >= 15 is 0 Å². The van der Waals surface area contributed by atoms with E-state index in [0.717, 1.165) is 41.2 Å². The number of hydrogen-bond acceptors (Lipinski definition) is 5. The molecule has 1 spiro atoms. The maximum Gasteiger partial charge on any atom is 0.256 e. The second kappa shape index (κ2) is 9.91. The zero-order chi connectivity index (χ0) is 26.6. The third-order valence-corrected chi connectivity index (χ3v) is 9.80. The summed E-state index contributed by atoms with van der Waals surface area (Å²) >= 11 is 6.67. The number of nitrogens with zero attached hydrogens (tertiary/aromatic N) is 1. The molecular weight excluding hydrogens is 502 g/mol. The topological polar surface area (TPSA) is 83.7 Å². The van der Waals surface area contributed by atoms with Crippen molar-refractivity contribution in [3.05, 3.63) is 55.5 Å². The number of pyridine rings is 1. The summed E-state index contributed by atoms with van der Waals surface area (Å²) in [6, 6.07) is 4.23. The molecular formula is C30H38ClN3O4. The lowest BCUT2D eigenvalue weighted by atomic mass is 9.78. The van der Waals surface area contributed by atoms with Gasteiger partial charge >= 0.3 is 0 Å². The third-order valence-electron chi connectivity index (χ3n) is 9.46. The number of methoxy groups -OCH3 is 1. The summed E-state index contributed by atoms with van der Waals surface area (Å²) in [5.41, 5.74) is 3.81. The average Bonchev–Trinajstić information content (AvgIpc) is 3.70. The van der Waals surface area contributed by atoms with Crippen LogP contribution in [0.1, 0.15) is 77.7 Å². The molecule has 3 heterocycles. The number of halogens is 1. The van der Waals surface area contributed by atoms with Crippen molar-refractivity contribution in [1.29, 1.82) is 0 Å². The van der Waals surface area contributed by atoms with Crippen LogP contribution in [0, 0.1) is 25.2 Å². The Labute approximate surface area is 229 Å². The molecule has 1 aromatic carbocycles. The third kappa shape index (κ3) is 4.73. The van der Waals surface area contributed by atoms with Crippen LogP contribution in [0.25, 0.3) is 0 Å². The molecule has 204 valence electrons. The van der Waals surface area contributed by atoms with Crippen molar-refractivity contribution < 1.29 is 14.3 Å². The van der Waals surface area contributed by atoms with Gasteiger partial charge in [-0.05, 0) is 88.7 Å². The van der Waals surface area contributed by atoms with Gasteiger partial charge in [0, 0.05) is 46.5 Å². The standard InChI is InChI=1S/C30H38ClN3O4/c1-17-12-26(37-3)23(29(36)33-17)14-32-28(35)22-13-24(31)21-8-9-25(38-27(21)18(22)2)19-4-6-20(7-5-19)34-15-30(16-34)10-11-30/h12-13,19-20,25H,4-11,14-16H2,1-3H3,(H,32,35)(H,33,36)/t19-,20+,25?. The summed E-state index contributed by atoms with van der Waals surface area (Å²) in [6.07, 6.45) is 9.81. The normalized spacial score (nSPS) is 25.7. The molecule has 2 N–H and O–H groups in total. The lowest BCUT2D eigenvalue weighted by Crippen LogP contribution is -2.54. The van der Waals surface area contributed by atoms with Crippen molar-refractivity contribution in [3.63, 3.8) is 0 Å². The van der Waals surface area contributed by atoms with Crippen molar-refractivity contribution in [1.82, 2.24) is 15.2 Å². The zero-order valence-corrected chi connectivity index (χ0v) is 23.4. The lowest BCUT2D eigenvalue weighted by molar-refractivity contribution is -0.00143. The van der Waals surface area contributed by atoms with Gasteiger partial charge in [-0.3, -0.25) is 14.5 Å². The van der Waals surface area contributed by atoms with Gasteiger partial charge in [-0.2, -0.15) is 0 Å². The second-order valence-electron chi connectivity index (χ2n) is 12.0. The van der Waals surface area contributed by atoms with E-state index < -0.39 is 0 Å². The first-order chi connectivity index (χ1) is 18.3. The van der Waals surface area contributed by atoms with Crippen LogP contribution >= 0.6 is 11.6 Å². The van der Waals surface area contributed by atoms with Gasteiger partial charge in [-0.1, -0.05) is 11.6 Å². The number of aromatic nitrogens is 1. The van der Waals surface area contributed by atoms with Gasteiger partial charge in [-0.15, -0.1) is 0 Å². The van der Waals surface area contributed by atoms with Crippen molar-refractivity contribution in [3.8, 4) is 11.5 Å². The van der Waals surface area contributed by atoms with Gasteiger partial charge < -0.3 is 19.8 Å². The van der Waals surface area contributed by atoms with Gasteiger partial charge in [0.15, 0.2) is 0 Å². The summed E-state index contributed by atoms with van der Waals surface area (Å²) < 4.78 is 12.0. The number of H-pyrrole nitrogens is 1. The Morgan fingerprint density at radius 1 is 1.18 bits per heavy atom. The van der Waals surface area contributed by atoms with Crippen LogP contribution in [0.2, 0.25) is 5.02 Å². The van der Waals surface area contributed by atoms with Gasteiger partial charge in [0.05, 0.1) is 19.2 Å². The number of amides is 1. The molecule has 1 saturated heterocycles. The van der Waals surface area contributed by atoms with Crippen LogP contribution in [0.5, 0.6) is 11.5 Å². The Kier molecular flexibility index (Phi) is 6.71. The molecule has 1 unspecified atom stereocenters. The van der Waals surface area contributed by atoms with Crippen LogP contribution in [-0.4, -0.2) is 48.1 Å². The highest BCUT2D eigenvalue weighted by atomic mass is 35.5. The highest BCUT2D eigenvalue weighted by Gasteiger charge is 2.53. The number of likely N-dealkylation sites (tertiary alicyclic amines) is 1. The number of nitrogens with one attached hydrogen (secondary N) is 2. The van der Waals surface area contributed by atoms with Gasteiger partial charge in [0.2, 0.25) is 0 Å². The molecule has 3 fully saturated rings. The highest BCUT2D eigenvalue weighted by Crippen LogP contribution is 2.54. The smallest absolute Gasteiger partial charge is 0.256 e. The Morgan fingerprint density at radius 3 is 2.61 bits per heavy atom. The quantitative estimate of drug-likeness (QED) is 0.543. The first-order valence-electron chi connectivity index (χ1n) is 14.0. The Morgan fingerprint density at radius 2 is 1.92 bits per heavy atom. The van der Waals surface area contributed by atoms with E-state index in [1.807, 2.05) is 6.92 Å². The van der Waals surface area contributed by atoms with E-state index in [2.05, 4.69) is 15.2 Å². The molecule has 4 aliphatic rings. The molecule has 6 rings (SSSR count). The fourth-order valence-electron chi connectivity index (χ4n) is 6.94. The van der Waals surface area contributed by atoms with Crippen LogP contribution in [0.15, 0.2) is 16.9 Å². The number of hydrogen-bond donors (Lipinski definition) is 2. The largest absolute Gasteiger partial charge is 0.496 e. The maximum absolute atomic E-state index is 13.2. The fraction of sp³-hybridized carbons (Fsp3) is 0.600. The van der Waals surface area contributed by atoms with E-state index in [4.69, 9.17) is 21.1 Å². The summed E-state index contributed by atoms with van der Waals surface area (Å²) in [5.74, 6) is 1.48. The maximum atomic E-state index is 13.2. The minimum Gasteiger partial charge on any atom is -0.496 e. The van der Waals surface area contributed by atoms with E-state index in [1.54, 1.807) is 19.1 Å². The van der Waals surface area contributed by atoms with Gasteiger partial charge in [0.25, 0.3) is 11.5 Å². The van der Waals surface area contributed by atoms with E-state index in [0.29, 0.717) is 33.5 Å². The van der Waals surface area contributed by atoms with Gasteiger partial charge in [-0.25, -0.2) is 0 Å². The number of carbonyl (C=O) groups is 1. The average molecular weight is 540 g/mol. The summed E-state index contributed by atoms with van der Waals surface area (Å²) in [7, 11) is 1.52. The van der Waals surface area contributed by atoms with E-state index in [1.165, 1.54) is 58.7 Å². The molecule has 1 amide bonds. The van der Waals surface area contributed by atoms with Crippen molar-refractivity contribution in [2.75, 3.05) is 20.2 Å². The number of rotatable bonds is 6. The molecule has 1 aromatic heterocycles. The minimum atomic E-state index is -0.288. The first-order valence-corrected chi connectivity index (χ1v) is 14.4. The number of fused-ring (bicyclic) bond motifs is 1. The predicted octanol–water partition coefficient (Wildman–Crippen LogP) is 4.93. The van der Waals surface area contributed by atoms with Crippen molar-refractivity contribution in [2.45, 2.75) is 83.9 Å². The van der Waals surface area contributed by atoms with Crippen LogP contribution in [0.3, 0.4) is 0 Å². The van der Waals surface area contributed by atoms with Crippen molar-refractivity contribution in [2.24, 2.45) is 11.3 Å². The number of ether oxygens (including phenoxy) is 2. The predicted molar refractivity (Wildman–Crippen MR) is 147 cm³/mol. The molecule has 2 aliphatic heterocycles. The fourth-order valence-corrected chi connectivity index (χ4v) is 7.23. The van der Waals surface area contributed by atoms with Crippen LogP contribution in [-0.2, 0) is 13.0 Å². The molecule has 0 radical (unpaired) electrons. The summed E-state index contributed by atoms with van der Waals surface area (Å²) in [5, 5.41) is 3.44. The number of benzene rings is 1. The molecule has 2 aliphatic carbocycles. The van der Waals surface area contributed by atoms with E-state index in [9.17, 15) is 9.59 Å². The van der Waals surface area contributed by atoms with E-state index in [-0.39, 0.29) is 24.1 Å². The SMILES string of the molecule is COc1cc(C)[nH]c(=O)c1CNC(=O)c1cc(Cl)c2c(c1C)OC([C@H]1CC[C@@H](N3CC4(CC4)C3)CC1)CC2. The molecule has 2 saturated carbocycles. The first kappa shape index (κ1) is 25.8. The number of aromatic amines is 1. The molecule has 1 atom stereocenters. The molecule has 8 heteroatoms. The molecule has 38 heavy (non-hydrogen) atoms. The number of carbonyl (C=O) groups excluding carboxylic acids is 1. The Hall–Kier alpha value is -2.51. The van der Waals surface area contributed by atoms with Gasteiger partial charge in [0.1, 0.15) is 17.6 Å². The lowest BCUT2D eigenvalue weighted by Gasteiger charge is -2.48. The Bertz CT molecular complexity index is 1300. The summed E-state index contributed by atoms with van der Waals surface area (Å²) in [6.45, 7) is 6.42. The zero-order valence-electron chi connectivity index (χ0n) is 22.6. The summed E-state index contributed by atoms with van der Waals surface area (Å²) in [4.78, 5) is 31.2. The highest BCUT2D eigenvalue weighted by molar-refractivity contribution is 6.32.